The first-order chi connectivity index (χ1) is 52.8. The largest absolute Gasteiger partial charge is 0.311 e. The first kappa shape index (κ1) is 55.9. The van der Waals surface area contributed by atoms with Crippen molar-refractivity contribution in [2.75, 3.05) is 14.7 Å². The average molecular weight is 1340 g/mol. The van der Waals surface area contributed by atoms with Crippen molar-refractivity contribution in [1.82, 2.24) is 9.13 Å². The minimum Gasteiger partial charge on any atom is -0.311 e. The molecule has 2 aromatic heterocycles. The number of hydrogen-bond acceptors (Lipinski definition) is 3. The van der Waals surface area contributed by atoms with E-state index in [1.807, 2.05) is 6.07 Å². The molecule has 16 aromatic rings. The van der Waals surface area contributed by atoms with Crippen molar-refractivity contribution in [1.29, 1.82) is 0 Å². The molecule has 0 saturated heterocycles. The summed E-state index contributed by atoms with van der Waals surface area (Å²) >= 11 is 0. The molecule has 0 saturated carbocycles. The van der Waals surface area contributed by atoms with E-state index in [0.717, 1.165) is 140 Å². The summed E-state index contributed by atoms with van der Waals surface area (Å²) in [6.45, 7) is 21.8. The summed E-state index contributed by atoms with van der Waals surface area (Å²) in [6, 6.07) is 97.3. The monoisotopic (exact) mass is 1330 g/mol. The van der Waals surface area contributed by atoms with Gasteiger partial charge in [0.2, 0.25) is 0 Å². The zero-order valence-corrected chi connectivity index (χ0v) is 59.8. The van der Waals surface area contributed by atoms with Gasteiger partial charge in [-0.05, 0) is 200 Å². The number of rotatable bonds is 10. The standard InChI is InChI=1S/C97H82BN5/c1-63-44-49-77-75-40-26-28-42-84(75)101(88(77)54-63)74-47-51-83-90(62-74)103(94-79(65-32-18-12-19-33-65)56-68(96(5,6)7)57-80(94)66-34-20-13-21-35-66)92-59-69(97(8,9)10)58-91-93(92)98(83)82-50-46-73(61-89(82)102(91)86-52-45-67(95(2,3)4)55-78(86)64-30-16-11-17-31-64)100-85-43-29-27-41-76(85)81-60-72(48-53-87(81)100)99(70-36-22-14-23-37-70)71-38-24-15-25-39-71/h11-62H,1-10H3/i26D,28D,40D,42D,44D,49D,54D. The molecule has 0 radical (unpaired) electrons. The highest BCUT2D eigenvalue weighted by atomic mass is 15.2. The number of benzene rings is 14. The molecule has 498 valence electrons. The summed E-state index contributed by atoms with van der Waals surface area (Å²) in [5.74, 6) is 0. The van der Waals surface area contributed by atoms with Crippen LogP contribution in [0.15, 0.2) is 315 Å². The Kier molecular flexibility index (Phi) is 13.1. The molecule has 0 spiro atoms. The van der Waals surface area contributed by atoms with Gasteiger partial charge in [-0.3, -0.25) is 0 Å². The molecule has 0 aliphatic carbocycles. The molecule has 5 nitrogen and oxygen atoms in total. The van der Waals surface area contributed by atoms with Crippen molar-refractivity contribution in [3.05, 3.63) is 338 Å². The molecule has 2 aliphatic rings. The lowest BCUT2D eigenvalue weighted by molar-refractivity contribution is 0.590. The van der Waals surface area contributed by atoms with Gasteiger partial charge in [0.15, 0.2) is 0 Å². The highest BCUT2D eigenvalue weighted by Crippen LogP contribution is 2.54. The fourth-order valence-electron chi connectivity index (χ4n) is 16.0. The molecule has 0 N–H and O–H groups in total. The van der Waals surface area contributed by atoms with E-state index in [0.29, 0.717) is 5.69 Å². The number of aromatic nitrogens is 2. The lowest BCUT2D eigenvalue weighted by Crippen LogP contribution is -2.61. The Morgan fingerprint density at radius 3 is 1.39 bits per heavy atom. The quantitative estimate of drug-likeness (QED) is 0.127. The molecule has 0 amide bonds. The van der Waals surface area contributed by atoms with Crippen LogP contribution < -0.4 is 31.1 Å². The summed E-state index contributed by atoms with van der Waals surface area (Å²) in [4.78, 5) is 7.39. The lowest BCUT2D eigenvalue weighted by atomic mass is 9.33. The zero-order valence-electron chi connectivity index (χ0n) is 66.8. The summed E-state index contributed by atoms with van der Waals surface area (Å²) in [6.07, 6.45) is 0. The smallest absolute Gasteiger partial charge is 0.252 e. The van der Waals surface area contributed by atoms with E-state index >= 15 is 0 Å². The Bertz CT molecular complexity index is 6280. The number of anilines is 9. The SMILES string of the molecule is [2H]c1c([2H])c([2H])c2c(c1[2H])c1c([2H])c([2H])c(C)c([2H])c1n2-c1ccc2c(c1)N(c1c(-c3ccccc3)cc(C(C)(C)C)cc1-c1ccccc1)c1cc(C(C)(C)C)cc3c1B2c1ccc(-n2c4ccccc4c4cc(N(c5ccccc5)c5ccccc5)ccc42)cc1N3c1ccc(C(C)(C)C)cc1-c1ccccc1. The van der Waals surface area contributed by atoms with E-state index in [1.165, 1.54) is 5.56 Å². The molecule has 103 heavy (non-hydrogen) atoms. The summed E-state index contributed by atoms with van der Waals surface area (Å²) in [5, 5.41) is 2.47. The number of fused-ring (bicyclic) bond motifs is 10. The van der Waals surface area contributed by atoms with E-state index in [9.17, 15) is 8.22 Å². The third kappa shape index (κ3) is 10.6. The van der Waals surface area contributed by atoms with E-state index in [4.69, 9.17) is 1.37 Å². The van der Waals surface area contributed by atoms with Crippen molar-refractivity contribution in [2.45, 2.75) is 85.5 Å². The topological polar surface area (TPSA) is 19.6 Å². The maximum absolute atomic E-state index is 10.0. The second kappa shape index (κ2) is 24.2. The van der Waals surface area contributed by atoms with Crippen LogP contribution in [0.25, 0.3) is 88.4 Å². The number of hydrogen-bond donors (Lipinski definition) is 0. The van der Waals surface area contributed by atoms with Crippen LogP contribution in [0.1, 0.15) is 94.2 Å². The molecule has 0 bridgehead atoms. The highest BCUT2D eigenvalue weighted by molar-refractivity contribution is 7.00. The lowest BCUT2D eigenvalue weighted by Gasteiger charge is -2.46. The van der Waals surface area contributed by atoms with Crippen LogP contribution in [-0.4, -0.2) is 15.8 Å². The van der Waals surface area contributed by atoms with Gasteiger partial charge in [-0.1, -0.05) is 256 Å². The normalized spacial score (nSPS) is 13.8. The Morgan fingerprint density at radius 1 is 0.330 bits per heavy atom. The molecule has 6 heteroatoms. The van der Waals surface area contributed by atoms with Crippen molar-refractivity contribution >= 4 is 118 Å². The summed E-state index contributed by atoms with van der Waals surface area (Å²) in [7, 11) is 0. The van der Waals surface area contributed by atoms with Crippen LogP contribution in [0.3, 0.4) is 0 Å². The van der Waals surface area contributed by atoms with Crippen molar-refractivity contribution in [2.24, 2.45) is 0 Å². The third-order valence-corrected chi connectivity index (χ3v) is 21.2. The van der Waals surface area contributed by atoms with Gasteiger partial charge in [0.25, 0.3) is 6.71 Å². The highest BCUT2D eigenvalue weighted by Gasteiger charge is 2.46. The average Bonchev–Trinajstić information content (AvgIpc) is 0.908. The van der Waals surface area contributed by atoms with Gasteiger partial charge in [-0.15, -0.1) is 0 Å². The number of para-hydroxylation sites is 4. The summed E-state index contributed by atoms with van der Waals surface area (Å²) < 4.78 is 71.1. The molecule has 4 heterocycles. The van der Waals surface area contributed by atoms with E-state index in [-0.39, 0.29) is 68.4 Å². The number of nitrogens with zero attached hydrogens (tertiary/aromatic N) is 5. The molecule has 0 fully saturated rings. The van der Waals surface area contributed by atoms with Gasteiger partial charge in [-0.25, -0.2) is 0 Å². The minimum absolute atomic E-state index is 0.0310. The predicted octanol–water partition coefficient (Wildman–Crippen LogP) is 24.6. The maximum atomic E-state index is 10.0. The van der Waals surface area contributed by atoms with Crippen LogP contribution in [-0.2, 0) is 16.2 Å². The maximum Gasteiger partial charge on any atom is 0.252 e. The predicted molar refractivity (Wildman–Crippen MR) is 441 cm³/mol. The molecule has 0 unspecified atom stereocenters. The molecular formula is C97H82BN5. The van der Waals surface area contributed by atoms with Gasteiger partial charge in [-0.2, -0.15) is 0 Å². The first-order valence-electron chi connectivity index (χ1n) is 39.4. The van der Waals surface area contributed by atoms with E-state index in [2.05, 4.69) is 349 Å². The Morgan fingerprint density at radius 2 is 0.806 bits per heavy atom. The zero-order chi connectivity index (χ0) is 76.3. The van der Waals surface area contributed by atoms with Crippen LogP contribution in [0.4, 0.5) is 51.2 Å². The summed E-state index contributed by atoms with van der Waals surface area (Å²) in [5.41, 5.74) is 25.0. The van der Waals surface area contributed by atoms with Crippen molar-refractivity contribution < 1.29 is 9.60 Å². The van der Waals surface area contributed by atoms with Crippen LogP contribution in [0.5, 0.6) is 0 Å². The van der Waals surface area contributed by atoms with Crippen LogP contribution >= 0.6 is 0 Å². The van der Waals surface area contributed by atoms with Gasteiger partial charge >= 0.3 is 0 Å². The van der Waals surface area contributed by atoms with Crippen LogP contribution in [0.2, 0.25) is 0 Å². The van der Waals surface area contributed by atoms with Gasteiger partial charge in [0.1, 0.15) is 0 Å². The van der Waals surface area contributed by atoms with Gasteiger partial charge in [0, 0.05) is 89.4 Å². The fourth-order valence-corrected chi connectivity index (χ4v) is 16.0. The van der Waals surface area contributed by atoms with E-state index in [1.54, 1.807) is 11.5 Å². The minimum atomic E-state index is -0.450. The Labute approximate surface area is 615 Å². The first-order valence-corrected chi connectivity index (χ1v) is 35.9. The second-order valence-electron chi connectivity index (χ2n) is 30.9. The Hall–Kier alpha value is -11.9. The molecule has 14 aromatic carbocycles. The van der Waals surface area contributed by atoms with E-state index < -0.39 is 24.2 Å². The fraction of sp³-hybridized carbons (Fsp3) is 0.134. The van der Waals surface area contributed by atoms with Crippen LogP contribution in [0, 0.1) is 6.92 Å². The third-order valence-electron chi connectivity index (χ3n) is 21.2. The van der Waals surface area contributed by atoms with Crippen molar-refractivity contribution in [3.63, 3.8) is 0 Å². The molecule has 0 atom stereocenters. The molecule has 2 aliphatic heterocycles. The second-order valence-corrected chi connectivity index (χ2v) is 30.9. The van der Waals surface area contributed by atoms with Gasteiger partial charge < -0.3 is 23.8 Å². The van der Waals surface area contributed by atoms with Gasteiger partial charge in [0.05, 0.1) is 43.0 Å². The Balaban J connectivity index is 0.995. The molecule has 18 rings (SSSR count). The molecular weight excluding hydrogens is 1250 g/mol. The van der Waals surface area contributed by atoms with Crippen molar-refractivity contribution in [3.8, 4) is 44.8 Å².